The second-order valence-corrected chi connectivity index (χ2v) is 7.34. The molecule has 0 aliphatic heterocycles. The molecule has 0 saturated heterocycles. The highest BCUT2D eigenvalue weighted by Gasteiger charge is 2.21. The molecule has 134 valence electrons. The van der Waals surface area contributed by atoms with Gasteiger partial charge in [-0.3, -0.25) is 4.79 Å². The molecule has 1 heterocycles. The minimum Gasteiger partial charge on any atom is -0.436 e. The number of amides is 1. The van der Waals surface area contributed by atoms with Crippen molar-refractivity contribution in [2.24, 2.45) is 5.92 Å². The van der Waals surface area contributed by atoms with Crippen molar-refractivity contribution in [1.29, 1.82) is 0 Å². The summed E-state index contributed by atoms with van der Waals surface area (Å²) in [6, 6.07) is 11.9. The molecule has 26 heavy (non-hydrogen) atoms. The number of carbonyl (C=O) groups is 1. The Morgan fingerprint density at radius 1 is 1.08 bits per heavy atom. The predicted octanol–water partition coefficient (Wildman–Crippen LogP) is 5.63. The van der Waals surface area contributed by atoms with E-state index in [0.29, 0.717) is 5.89 Å². The fourth-order valence-electron chi connectivity index (χ4n) is 3.70. The van der Waals surface area contributed by atoms with Gasteiger partial charge in [-0.1, -0.05) is 37.0 Å². The maximum atomic E-state index is 12.5. The average Bonchev–Trinajstić information content (AvgIpc) is 3.07. The number of oxazole rings is 1. The quantitative estimate of drug-likeness (QED) is 0.667. The summed E-state index contributed by atoms with van der Waals surface area (Å²) < 4.78 is 5.94. The van der Waals surface area contributed by atoms with Crippen LogP contribution in [0.2, 0.25) is 0 Å². The number of hydrogen-bond acceptors (Lipinski definition) is 3. The minimum atomic E-state index is 0.127. The minimum absolute atomic E-state index is 0.127. The van der Waals surface area contributed by atoms with E-state index in [-0.39, 0.29) is 11.8 Å². The van der Waals surface area contributed by atoms with Crippen molar-refractivity contribution in [3.8, 4) is 11.5 Å². The average molecular weight is 348 g/mol. The van der Waals surface area contributed by atoms with Gasteiger partial charge in [0.15, 0.2) is 5.58 Å². The van der Waals surface area contributed by atoms with E-state index in [1.165, 1.54) is 12.0 Å². The molecule has 1 amide bonds. The van der Waals surface area contributed by atoms with Crippen LogP contribution in [-0.4, -0.2) is 10.9 Å². The van der Waals surface area contributed by atoms with E-state index in [0.717, 1.165) is 53.6 Å². The first kappa shape index (κ1) is 16.8. The molecule has 1 saturated carbocycles. The zero-order valence-corrected chi connectivity index (χ0v) is 15.3. The van der Waals surface area contributed by atoms with Crippen LogP contribution in [-0.2, 0) is 4.79 Å². The first-order chi connectivity index (χ1) is 12.6. The summed E-state index contributed by atoms with van der Waals surface area (Å²) in [7, 11) is 0. The van der Waals surface area contributed by atoms with Gasteiger partial charge in [0, 0.05) is 17.2 Å². The Morgan fingerprint density at radius 3 is 2.69 bits per heavy atom. The van der Waals surface area contributed by atoms with Gasteiger partial charge in [0.1, 0.15) is 5.52 Å². The summed E-state index contributed by atoms with van der Waals surface area (Å²) in [4.78, 5) is 17.1. The summed E-state index contributed by atoms with van der Waals surface area (Å²) in [5.41, 5.74) is 5.60. The maximum absolute atomic E-state index is 12.5. The van der Waals surface area contributed by atoms with Crippen molar-refractivity contribution < 1.29 is 9.21 Å². The fraction of sp³-hybridized carbons (Fsp3) is 0.364. The molecule has 4 heteroatoms. The van der Waals surface area contributed by atoms with E-state index in [2.05, 4.69) is 42.3 Å². The third kappa shape index (κ3) is 3.36. The number of hydrogen-bond donors (Lipinski definition) is 1. The smallest absolute Gasteiger partial charge is 0.227 e. The number of anilines is 1. The summed E-state index contributed by atoms with van der Waals surface area (Å²) in [6.07, 6.45) is 5.54. The summed E-state index contributed by atoms with van der Waals surface area (Å²) in [5, 5.41) is 3.05. The number of nitrogens with zero attached hydrogens (tertiary/aromatic N) is 1. The molecule has 0 bridgehead atoms. The normalized spacial score (nSPS) is 15.3. The molecule has 4 rings (SSSR count). The van der Waals surface area contributed by atoms with Crippen LogP contribution in [0.4, 0.5) is 5.69 Å². The number of fused-ring (bicyclic) bond motifs is 1. The lowest BCUT2D eigenvalue weighted by atomic mass is 9.88. The van der Waals surface area contributed by atoms with Gasteiger partial charge in [-0.2, -0.15) is 0 Å². The Kier molecular flexibility index (Phi) is 4.49. The number of aromatic nitrogens is 1. The van der Waals surface area contributed by atoms with E-state index in [9.17, 15) is 4.79 Å². The van der Waals surface area contributed by atoms with Crippen LogP contribution in [0, 0.1) is 19.8 Å². The molecular weight excluding hydrogens is 324 g/mol. The van der Waals surface area contributed by atoms with Crippen molar-refractivity contribution in [3.63, 3.8) is 0 Å². The Hall–Kier alpha value is -2.62. The number of carbonyl (C=O) groups excluding carboxylic acids is 1. The van der Waals surface area contributed by atoms with Crippen molar-refractivity contribution in [3.05, 3.63) is 47.5 Å². The molecule has 0 unspecified atom stereocenters. The van der Waals surface area contributed by atoms with Gasteiger partial charge >= 0.3 is 0 Å². The third-order valence-electron chi connectivity index (χ3n) is 5.25. The van der Waals surface area contributed by atoms with Crippen molar-refractivity contribution >= 4 is 22.7 Å². The molecule has 3 aromatic rings. The topological polar surface area (TPSA) is 55.1 Å². The van der Waals surface area contributed by atoms with E-state index in [1.54, 1.807) is 0 Å². The van der Waals surface area contributed by atoms with Crippen LogP contribution in [0.3, 0.4) is 0 Å². The lowest BCUT2D eigenvalue weighted by Gasteiger charge is -2.20. The molecule has 0 spiro atoms. The maximum Gasteiger partial charge on any atom is 0.227 e. The fourth-order valence-corrected chi connectivity index (χ4v) is 3.70. The predicted molar refractivity (Wildman–Crippen MR) is 104 cm³/mol. The van der Waals surface area contributed by atoms with Gasteiger partial charge in [0.05, 0.1) is 0 Å². The van der Waals surface area contributed by atoms with E-state index in [4.69, 9.17) is 4.42 Å². The third-order valence-corrected chi connectivity index (χ3v) is 5.25. The van der Waals surface area contributed by atoms with Crippen LogP contribution in [0.25, 0.3) is 22.6 Å². The molecule has 1 aliphatic rings. The van der Waals surface area contributed by atoms with Crippen LogP contribution in [0.5, 0.6) is 0 Å². The molecule has 0 radical (unpaired) electrons. The van der Waals surface area contributed by atoms with E-state index >= 15 is 0 Å². The monoisotopic (exact) mass is 348 g/mol. The summed E-state index contributed by atoms with van der Waals surface area (Å²) >= 11 is 0. The van der Waals surface area contributed by atoms with Crippen LogP contribution < -0.4 is 5.32 Å². The van der Waals surface area contributed by atoms with E-state index in [1.807, 2.05) is 18.2 Å². The zero-order chi connectivity index (χ0) is 18.1. The summed E-state index contributed by atoms with van der Waals surface area (Å²) in [5.74, 6) is 0.890. The number of aryl methyl sites for hydroxylation is 2. The SMILES string of the molecule is Cc1ccc(C)c(-c2nc3cc(NC(=O)C4CCCCC4)ccc3o2)c1. The first-order valence-corrected chi connectivity index (χ1v) is 9.39. The number of rotatable bonds is 3. The highest BCUT2D eigenvalue weighted by Crippen LogP contribution is 2.30. The van der Waals surface area contributed by atoms with Gasteiger partial charge in [0.25, 0.3) is 0 Å². The first-order valence-electron chi connectivity index (χ1n) is 9.39. The Morgan fingerprint density at radius 2 is 1.88 bits per heavy atom. The van der Waals surface area contributed by atoms with Crippen LogP contribution in [0.1, 0.15) is 43.2 Å². The standard InChI is InChI=1S/C22H24N2O2/c1-14-8-9-15(2)18(12-14)22-24-19-13-17(10-11-20(19)26-22)23-21(25)16-6-4-3-5-7-16/h8-13,16H,3-7H2,1-2H3,(H,23,25). The van der Waals surface area contributed by atoms with E-state index < -0.39 is 0 Å². The number of nitrogens with one attached hydrogen (secondary N) is 1. The van der Waals surface area contributed by atoms with Crippen LogP contribution >= 0.6 is 0 Å². The van der Waals surface area contributed by atoms with Gasteiger partial charge in [-0.15, -0.1) is 0 Å². The Balaban J connectivity index is 1.59. The lowest BCUT2D eigenvalue weighted by molar-refractivity contribution is -0.120. The Labute approximate surface area is 153 Å². The molecular formula is C22H24N2O2. The van der Waals surface area contributed by atoms with Gasteiger partial charge in [-0.25, -0.2) is 4.98 Å². The molecule has 2 aromatic carbocycles. The van der Waals surface area contributed by atoms with Gasteiger partial charge in [-0.05, 0) is 56.5 Å². The molecule has 1 aromatic heterocycles. The molecule has 4 nitrogen and oxygen atoms in total. The van der Waals surface area contributed by atoms with Crippen molar-refractivity contribution in [1.82, 2.24) is 4.98 Å². The van der Waals surface area contributed by atoms with Crippen molar-refractivity contribution in [2.45, 2.75) is 46.0 Å². The second kappa shape index (κ2) is 6.94. The molecule has 1 fully saturated rings. The molecule has 1 N–H and O–H groups in total. The summed E-state index contributed by atoms with van der Waals surface area (Å²) in [6.45, 7) is 4.12. The van der Waals surface area contributed by atoms with Crippen molar-refractivity contribution in [2.75, 3.05) is 5.32 Å². The Bertz CT molecular complexity index is 952. The molecule has 0 atom stereocenters. The van der Waals surface area contributed by atoms with Gasteiger partial charge < -0.3 is 9.73 Å². The molecule has 1 aliphatic carbocycles. The van der Waals surface area contributed by atoms with Gasteiger partial charge in [0.2, 0.25) is 11.8 Å². The highest BCUT2D eigenvalue weighted by molar-refractivity contribution is 5.94. The largest absolute Gasteiger partial charge is 0.436 e. The lowest BCUT2D eigenvalue weighted by Crippen LogP contribution is -2.24. The second-order valence-electron chi connectivity index (χ2n) is 7.34. The zero-order valence-electron chi connectivity index (χ0n) is 15.3. The number of benzene rings is 2. The van der Waals surface area contributed by atoms with Crippen LogP contribution in [0.15, 0.2) is 40.8 Å². The highest BCUT2D eigenvalue weighted by atomic mass is 16.3.